The summed E-state index contributed by atoms with van der Waals surface area (Å²) >= 11 is -0.826. The number of hydrogen-bond donors (Lipinski definition) is 0. The first-order valence-corrected chi connectivity index (χ1v) is 20.9. The standard InChI is InChI=1S/C23H27.C12H7Si.2ClH.Zr/c1-5-17(4)21-14-19-11-12-20(13-16(2)3)23(22(19)15-21)18-9-7-6-8-10-18;1-3-7-11-9(5-1)10-6-2-4-8-12(10)13-11;;;/h6-12,14-17H,5,13H2,1-4H3;1-7H;2*1H;/q2*-1;;;+4/p-2. The summed E-state index contributed by atoms with van der Waals surface area (Å²) in [6, 6.07) is 38.5. The first-order chi connectivity index (χ1) is 19.0. The largest absolute Gasteiger partial charge is 0.184 e. The second-order valence-electron chi connectivity index (χ2n) is 10.4. The van der Waals surface area contributed by atoms with Crippen LogP contribution in [0.15, 0.2) is 97.1 Å². The van der Waals surface area contributed by atoms with Gasteiger partial charge in [-0.2, -0.15) is 35.5 Å². The summed E-state index contributed by atoms with van der Waals surface area (Å²) in [6.45, 7) is 9.19. The molecular formula is C35H34Cl2SiZr. The van der Waals surface area contributed by atoms with Gasteiger partial charge in [-0.1, -0.05) is 111 Å². The Labute approximate surface area is 255 Å². The molecule has 196 valence electrons. The summed E-state index contributed by atoms with van der Waals surface area (Å²) in [5.41, 5.74) is 8.49. The minimum Gasteiger partial charge on any atom is -0.184 e. The van der Waals surface area contributed by atoms with Crippen LogP contribution in [0.3, 0.4) is 0 Å². The molecule has 1 atom stereocenters. The van der Waals surface area contributed by atoms with Crippen molar-refractivity contribution in [1.82, 2.24) is 0 Å². The molecule has 0 nitrogen and oxygen atoms in total. The minimum absolute atomic E-state index is 0.625. The van der Waals surface area contributed by atoms with E-state index >= 15 is 0 Å². The van der Waals surface area contributed by atoms with E-state index in [2.05, 4.69) is 125 Å². The van der Waals surface area contributed by atoms with Crippen molar-refractivity contribution in [2.75, 3.05) is 0 Å². The van der Waals surface area contributed by atoms with Gasteiger partial charge in [-0.25, -0.2) is 0 Å². The molecule has 0 N–H and O–H groups in total. The van der Waals surface area contributed by atoms with Gasteiger partial charge in [0, 0.05) is 0 Å². The molecule has 5 aromatic rings. The minimum atomic E-state index is -0.826. The zero-order valence-electron chi connectivity index (χ0n) is 23.1. The zero-order chi connectivity index (χ0) is 27.8. The Balaban J connectivity index is 0.000000184. The van der Waals surface area contributed by atoms with Gasteiger partial charge in [0.1, 0.15) is 0 Å². The first kappa shape index (κ1) is 30.1. The molecule has 2 radical (unpaired) electrons. The first-order valence-electron chi connectivity index (χ1n) is 13.6. The van der Waals surface area contributed by atoms with Crippen LogP contribution in [0.5, 0.6) is 0 Å². The summed E-state index contributed by atoms with van der Waals surface area (Å²) in [5.74, 6) is 1.29. The van der Waals surface area contributed by atoms with Crippen LogP contribution in [-0.4, -0.2) is 9.52 Å². The molecule has 1 aliphatic heterocycles. The van der Waals surface area contributed by atoms with Gasteiger partial charge in [-0.05, 0) is 23.8 Å². The summed E-state index contributed by atoms with van der Waals surface area (Å²) in [6.07, 6.45) is 2.32. The molecule has 0 aromatic heterocycles. The van der Waals surface area contributed by atoms with E-state index in [1.54, 1.807) is 0 Å². The van der Waals surface area contributed by atoms with Crippen molar-refractivity contribution in [3.63, 3.8) is 0 Å². The molecule has 0 aliphatic carbocycles. The molecule has 0 amide bonds. The third-order valence-corrected chi connectivity index (χ3v) is 8.57. The Bertz CT molecular complexity index is 1450. The third kappa shape index (κ3) is 7.47. The van der Waals surface area contributed by atoms with Crippen molar-refractivity contribution in [3.8, 4) is 22.3 Å². The molecule has 39 heavy (non-hydrogen) atoms. The fourth-order valence-electron chi connectivity index (χ4n) is 5.15. The SMILES string of the molecule is CCC(C)c1cc2c(-c3ccccc3)c(CC(C)C)ccc2[cH-]1.[Cl][Zr+2][Cl].[c-]1cccc2c1[Si]c1ccccc1-2. The van der Waals surface area contributed by atoms with Crippen LogP contribution in [0.4, 0.5) is 0 Å². The number of hydrogen-bond acceptors (Lipinski definition) is 0. The van der Waals surface area contributed by atoms with Crippen LogP contribution in [0.25, 0.3) is 33.0 Å². The van der Waals surface area contributed by atoms with Crippen molar-refractivity contribution in [2.24, 2.45) is 5.92 Å². The normalized spacial score (nSPS) is 12.0. The second-order valence-corrected chi connectivity index (χ2v) is 15.4. The molecule has 5 aromatic carbocycles. The second kappa shape index (κ2) is 14.7. The van der Waals surface area contributed by atoms with Gasteiger partial charge in [0.2, 0.25) is 0 Å². The van der Waals surface area contributed by atoms with Crippen molar-refractivity contribution in [1.29, 1.82) is 0 Å². The van der Waals surface area contributed by atoms with Gasteiger partial charge in [-0.3, -0.25) is 0 Å². The molecule has 1 unspecified atom stereocenters. The maximum absolute atomic E-state index is 4.93. The van der Waals surface area contributed by atoms with E-state index < -0.39 is 20.8 Å². The zero-order valence-corrected chi connectivity index (χ0v) is 28.0. The quantitative estimate of drug-likeness (QED) is 0.130. The van der Waals surface area contributed by atoms with Crippen LogP contribution in [0.2, 0.25) is 0 Å². The van der Waals surface area contributed by atoms with Gasteiger partial charge < -0.3 is 0 Å². The summed E-state index contributed by atoms with van der Waals surface area (Å²) < 4.78 is 0. The number of rotatable bonds is 5. The molecule has 0 saturated heterocycles. The van der Waals surface area contributed by atoms with Gasteiger partial charge in [-0.15, -0.1) is 40.1 Å². The smallest absolute Gasteiger partial charge is 0.0920 e. The summed E-state index contributed by atoms with van der Waals surface area (Å²) in [4.78, 5) is 0. The molecule has 0 fully saturated rings. The van der Waals surface area contributed by atoms with Crippen molar-refractivity contribution >= 4 is 47.7 Å². The molecule has 1 heterocycles. The third-order valence-electron chi connectivity index (χ3n) is 7.20. The van der Waals surface area contributed by atoms with Gasteiger partial charge in [0.15, 0.2) is 0 Å². The maximum Gasteiger partial charge on any atom is 0.0920 e. The Hall–Kier alpha value is -1.83. The van der Waals surface area contributed by atoms with E-state index in [0.29, 0.717) is 11.8 Å². The van der Waals surface area contributed by atoms with Crippen LogP contribution in [0.1, 0.15) is 51.2 Å². The molecule has 6 rings (SSSR count). The average Bonchev–Trinajstić information content (AvgIpc) is 3.55. The molecule has 4 heteroatoms. The monoisotopic (exact) mass is 642 g/mol. The van der Waals surface area contributed by atoms with Gasteiger partial charge >= 0.3 is 37.9 Å². The van der Waals surface area contributed by atoms with E-state index in [1.807, 2.05) is 6.07 Å². The topological polar surface area (TPSA) is 0 Å². The van der Waals surface area contributed by atoms with E-state index in [4.69, 9.17) is 17.0 Å². The maximum atomic E-state index is 4.93. The van der Waals surface area contributed by atoms with Crippen LogP contribution in [0, 0.1) is 12.0 Å². The predicted molar refractivity (Wildman–Crippen MR) is 170 cm³/mol. The van der Waals surface area contributed by atoms with Gasteiger partial charge in [0.25, 0.3) is 0 Å². The van der Waals surface area contributed by atoms with Crippen LogP contribution in [-0.2, 0) is 27.3 Å². The Morgan fingerprint density at radius 1 is 0.872 bits per heavy atom. The van der Waals surface area contributed by atoms with Crippen molar-refractivity contribution < 1.29 is 20.8 Å². The van der Waals surface area contributed by atoms with E-state index in [1.165, 1.54) is 60.9 Å². The van der Waals surface area contributed by atoms with E-state index in [-0.39, 0.29) is 0 Å². The predicted octanol–water partition coefficient (Wildman–Crippen LogP) is 9.44. The Kier molecular flexibility index (Phi) is 11.4. The van der Waals surface area contributed by atoms with Crippen molar-refractivity contribution in [2.45, 2.75) is 46.5 Å². The number of benzene rings is 4. The van der Waals surface area contributed by atoms with E-state index in [0.717, 1.165) is 15.9 Å². The van der Waals surface area contributed by atoms with Crippen LogP contribution >= 0.6 is 17.0 Å². The van der Waals surface area contributed by atoms with Gasteiger partial charge in [0.05, 0.1) is 9.52 Å². The molecule has 0 spiro atoms. The van der Waals surface area contributed by atoms with Crippen molar-refractivity contribution in [3.05, 3.63) is 114 Å². The summed E-state index contributed by atoms with van der Waals surface area (Å²) in [5, 5.41) is 5.62. The Morgan fingerprint density at radius 3 is 2.28 bits per heavy atom. The summed E-state index contributed by atoms with van der Waals surface area (Å²) in [7, 11) is 10.7. The molecular weight excluding hydrogens is 611 g/mol. The van der Waals surface area contributed by atoms with Crippen LogP contribution < -0.4 is 10.4 Å². The van der Waals surface area contributed by atoms with E-state index in [9.17, 15) is 0 Å². The fraction of sp³-hybridized carbons (Fsp3) is 0.229. The molecule has 0 bridgehead atoms. The average molecular weight is 645 g/mol. The Morgan fingerprint density at radius 2 is 1.56 bits per heavy atom. The molecule has 1 aliphatic rings. The fourth-order valence-corrected chi connectivity index (χ4v) is 6.46. The molecule has 0 saturated carbocycles. The number of fused-ring (bicyclic) bond motifs is 4. The number of halogens is 2.